The third kappa shape index (κ3) is 5.39. The molecule has 0 radical (unpaired) electrons. The molecule has 2 N–H and O–H groups in total. The van der Waals surface area contributed by atoms with Crippen molar-refractivity contribution in [1.29, 1.82) is 0 Å². The fourth-order valence-electron chi connectivity index (χ4n) is 3.28. The molecule has 0 atom stereocenters. The van der Waals surface area contributed by atoms with Crippen LogP contribution in [0.4, 0.5) is 4.79 Å². The van der Waals surface area contributed by atoms with E-state index in [0.717, 1.165) is 0 Å². The number of ether oxygens (including phenoxy) is 2. The van der Waals surface area contributed by atoms with Crippen LogP contribution in [0.3, 0.4) is 0 Å². The number of rotatable bonds is 3. The van der Waals surface area contributed by atoms with Crippen molar-refractivity contribution in [2.24, 2.45) is 0 Å². The molecule has 1 aliphatic heterocycles. The largest absolute Gasteiger partial charge is 0.465 e. The number of esters is 1. The van der Waals surface area contributed by atoms with Gasteiger partial charge in [0.05, 0.1) is 23.6 Å². The van der Waals surface area contributed by atoms with Gasteiger partial charge in [-0.05, 0) is 51.8 Å². The number of nitrogens with one attached hydrogen (secondary N) is 2. The number of aromatic nitrogens is 2. The normalized spacial score (nSPS) is 14.9. The van der Waals surface area contributed by atoms with Gasteiger partial charge in [-0.3, -0.25) is 9.59 Å². The number of H-pyrrole nitrogens is 1. The summed E-state index contributed by atoms with van der Waals surface area (Å²) >= 11 is 0. The van der Waals surface area contributed by atoms with Gasteiger partial charge < -0.3 is 24.7 Å². The van der Waals surface area contributed by atoms with Crippen LogP contribution in [-0.2, 0) is 9.47 Å². The average Bonchev–Trinajstić information content (AvgIpc) is 2.71. The fraction of sp³-hybridized carbons (Fsp3) is 0.476. The molecule has 0 unspecified atom stereocenters. The number of piperidine rings is 1. The van der Waals surface area contributed by atoms with E-state index in [9.17, 15) is 19.2 Å². The number of aromatic amines is 1. The van der Waals surface area contributed by atoms with Crippen LogP contribution < -0.4 is 10.9 Å². The molecule has 166 valence electrons. The van der Waals surface area contributed by atoms with Gasteiger partial charge in [-0.15, -0.1) is 0 Å². The monoisotopic (exact) mass is 430 g/mol. The number of amides is 2. The topological polar surface area (TPSA) is 131 Å². The van der Waals surface area contributed by atoms with Crippen LogP contribution >= 0.6 is 0 Å². The van der Waals surface area contributed by atoms with Crippen LogP contribution in [0.25, 0.3) is 10.9 Å². The summed E-state index contributed by atoms with van der Waals surface area (Å²) in [7, 11) is 1.25. The quantitative estimate of drug-likeness (QED) is 0.711. The van der Waals surface area contributed by atoms with E-state index in [4.69, 9.17) is 4.74 Å². The molecule has 0 aliphatic carbocycles. The van der Waals surface area contributed by atoms with Crippen molar-refractivity contribution in [2.75, 3.05) is 20.2 Å². The maximum absolute atomic E-state index is 12.6. The lowest BCUT2D eigenvalue weighted by atomic mass is 10.1. The number of methoxy groups -OCH3 is 1. The lowest BCUT2D eigenvalue weighted by Crippen LogP contribution is -2.48. The third-order valence-corrected chi connectivity index (χ3v) is 4.82. The minimum Gasteiger partial charge on any atom is -0.465 e. The van der Waals surface area contributed by atoms with Gasteiger partial charge in [0.1, 0.15) is 5.60 Å². The highest BCUT2D eigenvalue weighted by atomic mass is 16.6. The lowest BCUT2D eigenvalue weighted by molar-refractivity contribution is 0.0199. The second kappa shape index (κ2) is 8.75. The van der Waals surface area contributed by atoms with Gasteiger partial charge >= 0.3 is 12.1 Å². The zero-order valence-electron chi connectivity index (χ0n) is 18.0. The fourth-order valence-corrected chi connectivity index (χ4v) is 3.28. The van der Waals surface area contributed by atoms with Crippen LogP contribution in [0.15, 0.2) is 23.0 Å². The Morgan fingerprint density at radius 2 is 1.87 bits per heavy atom. The van der Waals surface area contributed by atoms with E-state index in [-0.39, 0.29) is 34.4 Å². The molecule has 10 heteroatoms. The minimum absolute atomic E-state index is 0.144. The molecule has 1 aromatic heterocycles. The van der Waals surface area contributed by atoms with Gasteiger partial charge in [0.2, 0.25) is 0 Å². The lowest BCUT2D eigenvalue weighted by Gasteiger charge is -2.33. The van der Waals surface area contributed by atoms with Crippen molar-refractivity contribution in [1.82, 2.24) is 20.2 Å². The molecule has 2 aromatic rings. The molecule has 0 bridgehead atoms. The second-order valence-electron chi connectivity index (χ2n) is 8.35. The highest BCUT2D eigenvalue weighted by Crippen LogP contribution is 2.16. The van der Waals surface area contributed by atoms with Crippen LogP contribution in [0.5, 0.6) is 0 Å². The Kier molecular flexibility index (Phi) is 6.28. The summed E-state index contributed by atoms with van der Waals surface area (Å²) in [5.74, 6) is -1.24. The number of likely N-dealkylation sites (tertiary alicyclic amines) is 1. The molecule has 31 heavy (non-hydrogen) atoms. The Labute approximate surface area is 178 Å². The Balaban J connectivity index is 1.67. The summed E-state index contributed by atoms with van der Waals surface area (Å²) in [4.78, 5) is 57.1. The Bertz CT molecular complexity index is 1060. The average molecular weight is 430 g/mol. The SMILES string of the molecule is COC(=O)c1ccc2c(=O)[nH]c(C(=O)NC3CCN(C(=O)OC(C)(C)C)CC3)nc2c1. The second-order valence-corrected chi connectivity index (χ2v) is 8.35. The van der Waals surface area contributed by atoms with Crippen LogP contribution in [0.2, 0.25) is 0 Å². The predicted octanol–water partition coefficient (Wildman–Crippen LogP) is 1.84. The van der Waals surface area contributed by atoms with Gasteiger partial charge in [0, 0.05) is 19.1 Å². The molecule has 1 fully saturated rings. The number of nitrogens with zero attached hydrogens (tertiary/aromatic N) is 2. The van der Waals surface area contributed by atoms with Crippen molar-refractivity contribution in [3.8, 4) is 0 Å². The van der Waals surface area contributed by atoms with Gasteiger partial charge in [0.25, 0.3) is 11.5 Å². The van der Waals surface area contributed by atoms with E-state index < -0.39 is 23.0 Å². The van der Waals surface area contributed by atoms with E-state index in [1.54, 1.807) is 4.90 Å². The van der Waals surface area contributed by atoms with Crippen LogP contribution in [-0.4, -0.2) is 64.7 Å². The number of benzene rings is 1. The Hall–Kier alpha value is -3.43. The van der Waals surface area contributed by atoms with Crippen molar-refractivity contribution < 1.29 is 23.9 Å². The third-order valence-electron chi connectivity index (χ3n) is 4.82. The van der Waals surface area contributed by atoms with Crippen LogP contribution in [0, 0.1) is 0 Å². The number of hydrogen-bond donors (Lipinski definition) is 2. The predicted molar refractivity (Wildman–Crippen MR) is 112 cm³/mol. The molecule has 3 rings (SSSR count). The first kappa shape index (κ1) is 22.3. The van der Waals surface area contributed by atoms with Crippen molar-refractivity contribution in [2.45, 2.75) is 45.3 Å². The zero-order valence-corrected chi connectivity index (χ0v) is 18.0. The van der Waals surface area contributed by atoms with E-state index >= 15 is 0 Å². The van der Waals surface area contributed by atoms with E-state index in [1.165, 1.54) is 25.3 Å². The van der Waals surface area contributed by atoms with Gasteiger partial charge in [0.15, 0.2) is 5.82 Å². The maximum atomic E-state index is 12.6. The Morgan fingerprint density at radius 3 is 2.48 bits per heavy atom. The van der Waals surface area contributed by atoms with Gasteiger partial charge in [-0.25, -0.2) is 14.6 Å². The first-order chi connectivity index (χ1) is 14.6. The molecule has 0 saturated carbocycles. The molecule has 10 nitrogen and oxygen atoms in total. The minimum atomic E-state index is -0.566. The molecule has 1 aromatic carbocycles. The van der Waals surface area contributed by atoms with Crippen molar-refractivity contribution >= 4 is 28.9 Å². The summed E-state index contributed by atoms with van der Waals surface area (Å²) in [6, 6.07) is 4.16. The molecular weight excluding hydrogens is 404 g/mol. The van der Waals surface area contributed by atoms with E-state index in [2.05, 4.69) is 20.0 Å². The maximum Gasteiger partial charge on any atom is 0.410 e. The van der Waals surface area contributed by atoms with E-state index in [1.807, 2.05) is 20.8 Å². The van der Waals surface area contributed by atoms with Crippen LogP contribution in [0.1, 0.15) is 54.6 Å². The number of carbonyl (C=O) groups excluding carboxylic acids is 3. The summed E-state index contributed by atoms with van der Waals surface area (Å²) in [6.45, 7) is 6.32. The van der Waals surface area contributed by atoms with Gasteiger partial charge in [-0.2, -0.15) is 0 Å². The standard InChI is InChI=1S/C21H26N4O6/c1-21(2,3)31-20(29)25-9-7-13(8-10-25)22-18(27)16-23-15-11-12(19(28)30-4)5-6-14(15)17(26)24-16/h5-6,11,13H,7-10H2,1-4H3,(H,22,27)(H,23,24,26). The molecule has 1 saturated heterocycles. The summed E-state index contributed by atoms with van der Waals surface area (Å²) < 4.78 is 10.0. The smallest absolute Gasteiger partial charge is 0.410 e. The molecular formula is C21H26N4O6. The van der Waals surface area contributed by atoms with E-state index in [0.29, 0.717) is 25.9 Å². The van der Waals surface area contributed by atoms with Gasteiger partial charge in [-0.1, -0.05) is 0 Å². The number of carbonyl (C=O) groups is 3. The molecule has 0 spiro atoms. The molecule has 2 amide bonds. The first-order valence-electron chi connectivity index (χ1n) is 9.98. The first-order valence-corrected chi connectivity index (χ1v) is 9.98. The van der Waals surface area contributed by atoms with Crippen molar-refractivity contribution in [3.63, 3.8) is 0 Å². The Morgan fingerprint density at radius 1 is 1.19 bits per heavy atom. The summed E-state index contributed by atoms with van der Waals surface area (Å²) in [5.41, 5.74) is -0.597. The highest BCUT2D eigenvalue weighted by Gasteiger charge is 2.28. The highest BCUT2D eigenvalue weighted by molar-refractivity contribution is 5.96. The summed E-state index contributed by atoms with van der Waals surface area (Å²) in [5, 5.41) is 3.10. The molecule has 1 aliphatic rings. The molecule has 2 heterocycles. The number of hydrogen-bond acceptors (Lipinski definition) is 7. The summed E-state index contributed by atoms with van der Waals surface area (Å²) in [6.07, 6.45) is 0.726. The number of fused-ring (bicyclic) bond motifs is 1. The van der Waals surface area contributed by atoms with Crippen molar-refractivity contribution in [3.05, 3.63) is 39.9 Å². The zero-order chi connectivity index (χ0) is 22.8.